The predicted molar refractivity (Wildman–Crippen MR) is 123 cm³/mol. The van der Waals surface area contributed by atoms with Crippen molar-refractivity contribution in [2.75, 3.05) is 25.6 Å². The summed E-state index contributed by atoms with van der Waals surface area (Å²) in [7, 11) is 1.51. The van der Waals surface area contributed by atoms with Crippen molar-refractivity contribution in [1.82, 2.24) is 4.98 Å². The lowest BCUT2D eigenvalue weighted by Gasteiger charge is -2.36. The molecule has 1 aliphatic heterocycles. The Labute approximate surface area is 201 Å². The van der Waals surface area contributed by atoms with Gasteiger partial charge in [-0.15, -0.1) is 0 Å². The predicted octanol–water partition coefficient (Wildman–Crippen LogP) is 5.37. The molecule has 0 atom stereocenters. The number of nitrogens with zero attached hydrogens (tertiary/aromatic N) is 1. The molecule has 2 aromatic carbocycles. The van der Waals surface area contributed by atoms with Crippen LogP contribution in [0.25, 0.3) is 0 Å². The van der Waals surface area contributed by atoms with E-state index < -0.39 is 23.1 Å². The molecule has 1 N–H and O–H groups in total. The smallest absolute Gasteiger partial charge is 0.416 e. The molecular weight excluding hydrogens is 461 g/mol. The third-order valence-electron chi connectivity index (χ3n) is 6.06. The molecule has 0 aliphatic carbocycles. The Hall–Kier alpha value is -3.59. The van der Waals surface area contributed by atoms with E-state index in [1.54, 1.807) is 42.7 Å². The first-order chi connectivity index (χ1) is 16.8. The fourth-order valence-corrected chi connectivity index (χ4v) is 4.12. The lowest BCUT2D eigenvalue weighted by Crippen LogP contribution is -2.45. The molecular formula is C26H25F3N2O4. The Morgan fingerprint density at radius 3 is 2.57 bits per heavy atom. The minimum absolute atomic E-state index is 0.243. The van der Waals surface area contributed by atoms with E-state index in [0.29, 0.717) is 22.7 Å². The van der Waals surface area contributed by atoms with Crippen LogP contribution in [-0.2, 0) is 27.7 Å². The highest BCUT2D eigenvalue weighted by molar-refractivity contribution is 5.99. The third kappa shape index (κ3) is 5.57. The number of carbonyl (C=O) groups excluding carboxylic acids is 1. The summed E-state index contributed by atoms with van der Waals surface area (Å²) in [6, 6.07) is 13.6. The molecule has 1 fully saturated rings. The zero-order chi connectivity index (χ0) is 24.9. The molecule has 184 valence electrons. The quantitative estimate of drug-likeness (QED) is 0.486. The number of pyridine rings is 1. The van der Waals surface area contributed by atoms with E-state index in [0.717, 1.165) is 17.7 Å². The van der Waals surface area contributed by atoms with E-state index in [4.69, 9.17) is 14.2 Å². The van der Waals surface area contributed by atoms with Crippen molar-refractivity contribution in [3.05, 3.63) is 83.7 Å². The lowest BCUT2D eigenvalue weighted by atomic mass is 9.73. The highest BCUT2D eigenvalue weighted by Gasteiger charge is 2.43. The molecule has 3 aromatic rings. The molecule has 9 heteroatoms. The number of rotatable bonds is 7. The van der Waals surface area contributed by atoms with E-state index in [1.807, 2.05) is 6.07 Å². The van der Waals surface area contributed by atoms with Crippen molar-refractivity contribution in [1.29, 1.82) is 0 Å². The molecule has 0 spiro atoms. The summed E-state index contributed by atoms with van der Waals surface area (Å²) < 4.78 is 56.8. The number of nitrogens with one attached hydrogen (secondary N) is 1. The maximum absolute atomic E-state index is 13.6. The van der Waals surface area contributed by atoms with Crippen molar-refractivity contribution >= 4 is 11.6 Å². The second-order valence-corrected chi connectivity index (χ2v) is 8.24. The van der Waals surface area contributed by atoms with Gasteiger partial charge in [0.2, 0.25) is 5.91 Å². The third-order valence-corrected chi connectivity index (χ3v) is 6.06. The number of amides is 1. The van der Waals surface area contributed by atoms with Gasteiger partial charge in [-0.25, -0.2) is 0 Å². The van der Waals surface area contributed by atoms with Gasteiger partial charge < -0.3 is 19.5 Å². The zero-order valence-corrected chi connectivity index (χ0v) is 19.1. The number of benzene rings is 2. The number of ether oxygens (including phenoxy) is 3. The van der Waals surface area contributed by atoms with Crippen LogP contribution in [0.4, 0.5) is 18.9 Å². The summed E-state index contributed by atoms with van der Waals surface area (Å²) in [6.07, 6.45) is -0.629. The second-order valence-electron chi connectivity index (χ2n) is 8.24. The molecule has 1 aromatic heterocycles. The Morgan fingerprint density at radius 2 is 1.89 bits per heavy atom. The van der Waals surface area contributed by atoms with Crippen LogP contribution in [-0.4, -0.2) is 31.2 Å². The Morgan fingerprint density at radius 1 is 1.09 bits per heavy atom. The van der Waals surface area contributed by atoms with Gasteiger partial charge in [-0.2, -0.15) is 13.2 Å². The number of carbonyl (C=O) groups is 1. The summed E-state index contributed by atoms with van der Waals surface area (Å²) in [4.78, 5) is 17.6. The topological polar surface area (TPSA) is 69.7 Å². The van der Waals surface area contributed by atoms with Crippen LogP contribution in [0.3, 0.4) is 0 Å². The standard InChI is InChI=1S/C26H25F3N2O4/c1-33-22-8-7-21(15-23(22)35-17-18-4-3-11-30-16-18)31-24(32)25(9-12-34-13-10-25)19-5-2-6-20(14-19)26(27,28)29/h2-8,11,14-16H,9-10,12-13,17H2,1H3,(H,31,32). The first kappa shape index (κ1) is 24.5. The number of methoxy groups -OCH3 is 1. The van der Waals surface area contributed by atoms with Crippen LogP contribution in [0.2, 0.25) is 0 Å². The molecule has 0 saturated carbocycles. The van der Waals surface area contributed by atoms with Gasteiger partial charge in [0.1, 0.15) is 6.61 Å². The fraction of sp³-hybridized carbons (Fsp3) is 0.308. The number of anilines is 1. The van der Waals surface area contributed by atoms with E-state index in [-0.39, 0.29) is 32.7 Å². The van der Waals surface area contributed by atoms with Gasteiger partial charge in [-0.05, 0) is 42.7 Å². The maximum atomic E-state index is 13.6. The van der Waals surface area contributed by atoms with E-state index in [1.165, 1.54) is 13.2 Å². The molecule has 35 heavy (non-hydrogen) atoms. The summed E-state index contributed by atoms with van der Waals surface area (Å²) in [5.74, 6) is 0.489. The molecule has 0 unspecified atom stereocenters. The van der Waals surface area contributed by atoms with Gasteiger partial charge in [-0.3, -0.25) is 9.78 Å². The number of alkyl halides is 3. The van der Waals surface area contributed by atoms with Crippen molar-refractivity contribution in [3.8, 4) is 11.5 Å². The second kappa shape index (κ2) is 10.4. The minimum atomic E-state index is -4.50. The minimum Gasteiger partial charge on any atom is -0.493 e. The number of hydrogen-bond donors (Lipinski definition) is 1. The summed E-state index contributed by atoms with van der Waals surface area (Å²) >= 11 is 0. The SMILES string of the molecule is COc1ccc(NC(=O)C2(c3cccc(C(F)(F)F)c3)CCOCC2)cc1OCc1cccnc1. The Balaban J connectivity index is 1.60. The monoisotopic (exact) mass is 486 g/mol. The normalized spacial score (nSPS) is 15.3. The molecule has 0 radical (unpaired) electrons. The number of halogens is 3. The van der Waals surface area contributed by atoms with Crippen LogP contribution >= 0.6 is 0 Å². The van der Waals surface area contributed by atoms with Crippen molar-refractivity contribution < 1.29 is 32.2 Å². The number of aromatic nitrogens is 1. The highest BCUT2D eigenvalue weighted by Crippen LogP contribution is 2.40. The van der Waals surface area contributed by atoms with Gasteiger partial charge in [0.25, 0.3) is 0 Å². The molecule has 0 bridgehead atoms. The van der Waals surface area contributed by atoms with Crippen LogP contribution < -0.4 is 14.8 Å². The van der Waals surface area contributed by atoms with Crippen LogP contribution in [0.5, 0.6) is 11.5 Å². The zero-order valence-electron chi connectivity index (χ0n) is 19.1. The molecule has 1 aliphatic rings. The molecule has 6 nitrogen and oxygen atoms in total. The van der Waals surface area contributed by atoms with Gasteiger partial charge >= 0.3 is 6.18 Å². The van der Waals surface area contributed by atoms with Crippen molar-refractivity contribution in [3.63, 3.8) is 0 Å². The first-order valence-corrected chi connectivity index (χ1v) is 11.1. The van der Waals surface area contributed by atoms with Crippen molar-refractivity contribution in [2.24, 2.45) is 0 Å². The molecule has 1 amide bonds. The van der Waals surface area contributed by atoms with Gasteiger partial charge in [0.15, 0.2) is 11.5 Å². The van der Waals surface area contributed by atoms with Gasteiger partial charge in [-0.1, -0.05) is 24.3 Å². The Bertz CT molecular complexity index is 1160. The van der Waals surface area contributed by atoms with Gasteiger partial charge in [0.05, 0.1) is 18.1 Å². The van der Waals surface area contributed by atoms with E-state index in [2.05, 4.69) is 10.3 Å². The Kier molecular flexibility index (Phi) is 7.25. The fourth-order valence-electron chi connectivity index (χ4n) is 4.12. The lowest BCUT2D eigenvalue weighted by molar-refractivity contribution is -0.138. The molecule has 2 heterocycles. The number of hydrogen-bond acceptors (Lipinski definition) is 5. The summed E-state index contributed by atoms with van der Waals surface area (Å²) in [5.41, 5.74) is -0.334. The largest absolute Gasteiger partial charge is 0.493 e. The average Bonchev–Trinajstić information content (AvgIpc) is 2.88. The molecule has 4 rings (SSSR count). The van der Waals surface area contributed by atoms with Crippen LogP contribution in [0.15, 0.2) is 67.0 Å². The van der Waals surface area contributed by atoms with Crippen LogP contribution in [0, 0.1) is 0 Å². The van der Waals surface area contributed by atoms with Gasteiger partial charge in [0, 0.05) is 42.9 Å². The van der Waals surface area contributed by atoms with E-state index in [9.17, 15) is 18.0 Å². The molecule has 1 saturated heterocycles. The highest BCUT2D eigenvalue weighted by atomic mass is 19.4. The van der Waals surface area contributed by atoms with E-state index >= 15 is 0 Å². The summed E-state index contributed by atoms with van der Waals surface area (Å²) in [5, 5.41) is 2.88. The first-order valence-electron chi connectivity index (χ1n) is 11.1. The average molecular weight is 486 g/mol. The van der Waals surface area contributed by atoms with Crippen molar-refractivity contribution in [2.45, 2.75) is 31.0 Å². The maximum Gasteiger partial charge on any atom is 0.416 e. The van der Waals surface area contributed by atoms with Crippen LogP contribution in [0.1, 0.15) is 29.5 Å². The summed E-state index contributed by atoms with van der Waals surface area (Å²) in [6.45, 7) is 0.782.